The Morgan fingerprint density at radius 2 is 2.20 bits per heavy atom. The van der Waals surface area contributed by atoms with E-state index in [1.165, 1.54) is 0 Å². The van der Waals surface area contributed by atoms with Gasteiger partial charge in [-0.25, -0.2) is 0 Å². The fourth-order valence-corrected chi connectivity index (χ4v) is 2.10. The average molecular weight is 207 g/mol. The van der Waals surface area contributed by atoms with Crippen molar-refractivity contribution in [1.82, 2.24) is 0 Å². The molecule has 1 aliphatic carbocycles. The summed E-state index contributed by atoms with van der Waals surface area (Å²) in [5, 5.41) is 9.22. The van der Waals surface area contributed by atoms with E-state index in [4.69, 9.17) is 10.5 Å². The van der Waals surface area contributed by atoms with Crippen LogP contribution in [0.25, 0.3) is 0 Å². The van der Waals surface area contributed by atoms with Crippen LogP contribution in [0.4, 0.5) is 0 Å². The van der Waals surface area contributed by atoms with Gasteiger partial charge in [0.05, 0.1) is 13.7 Å². The molecule has 0 saturated heterocycles. The predicted octanol–water partition coefficient (Wildman–Crippen LogP) is 1.18. The molecule has 1 saturated carbocycles. The van der Waals surface area contributed by atoms with E-state index in [0.29, 0.717) is 6.54 Å². The van der Waals surface area contributed by atoms with Crippen LogP contribution in [-0.4, -0.2) is 18.8 Å². The second-order valence-corrected chi connectivity index (χ2v) is 4.14. The van der Waals surface area contributed by atoms with Crippen LogP contribution < -0.4 is 10.5 Å². The van der Waals surface area contributed by atoms with Gasteiger partial charge in [-0.15, -0.1) is 0 Å². The lowest BCUT2D eigenvalue weighted by atomic mass is 9.93. The van der Waals surface area contributed by atoms with Gasteiger partial charge in [-0.05, 0) is 12.8 Å². The Hall–Kier alpha value is -1.06. The van der Waals surface area contributed by atoms with Crippen molar-refractivity contribution < 1.29 is 9.84 Å². The highest BCUT2D eigenvalue weighted by Gasteiger charge is 2.45. The van der Waals surface area contributed by atoms with Crippen molar-refractivity contribution in [1.29, 1.82) is 0 Å². The highest BCUT2D eigenvalue weighted by molar-refractivity contribution is 5.48. The summed E-state index contributed by atoms with van der Waals surface area (Å²) in [6.07, 6.45) is 2.24. The van der Waals surface area contributed by atoms with Crippen LogP contribution in [0.5, 0.6) is 5.75 Å². The van der Waals surface area contributed by atoms with Gasteiger partial charge in [0.15, 0.2) is 0 Å². The Labute approximate surface area is 89.9 Å². The monoisotopic (exact) mass is 207 g/mol. The minimum atomic E-state index is 0.0116. The smallest absolute Gasteiger partial charge is 0.128 e. The number of aliphatic hydroxyl groups excluding tert-OH is 1. The van der Waals surface area contributed by atoms with Crippen molar-refractivity contribution in [2.24, 2.45) is 5.73 Å². The number of ether oxygens (including phenoxy) is 1. The zero-order valence-corrected chi connectivity index (χ0v) is 8.99. The summed E-state index contributed by atoms with van der Waals surface area (Å²) in [6, 6.07) is 5.89. The number of hydrogen-bond donors (Lipinski definition) is 2. The summed E-state index contributed by atoms with van der Waals surface area (Å²) in [4.78, 5) is 0. The van der Waals surface area contributed by atoms with Crippen LogP contribution in [0.2, 0.25) is 0 Å². The molecule has 0 amide bonds. The van der Waals surface area contributed by atoms with Gasteiger partial charge in [-0.3, -0.25) is 0 Å². The zero-order chi connectivity index (χ0) is 10.9. The molecular weight excluding hydrogens is 190 g/mol. The van der Waals surface area contributed by atoms with E-state index in [2.05, 4.69) is 6.07 Å². The van der Waals surface area contributed by atoms with Crippen molar-refractivity contribution in [2.75, 3.05) is 13.7 Å². The Kier molecular flexibility index (Phi) is 2.67. The van der Waals surface area contributed by atoms with Crippen molar-refractivity contribution in [3.63, 3.8) is 0 Å². The first-order valence-corrected chi connectivity index (χ1v) is 5.25. The Morgan fingerprint density at radius 3 is 2.67 bits per heavy atom. The van der Waals surface area contributed by atoms with Gasteiger partial charge >= 0.3 is 0 Å². The van der Waals surface area contributed by atoms with Gasteiger partial charge in [-0.1, -0.05) is 18.2 Å². The predicted molar refractivity (Wildman–Crippen MR) is 58.9 cm³/mol. The van der Waals surface area contributed by atoms with Gasteiger partial charge in [-0.2, -0.15) is 0 Å². The summed E-state index contributed by atoms with van der Waals surface area (Å²) in [5.41, 5.74) is 7.90. The molecule has 0 radical (unpaired) electrons. The van der Waals surface area contributed by atoms with E-state index < -0.39 is 0 Å². The average Bonchev–Trinajstić information content (AvgIpc) is 3.08. The highest BCUT2D eigenvalue weighted by atomic mass is 16.5. The van der Waals surface area contributed by atoms with Crippen LogP contribution in [0.3, 0.4) is 0 Å². The molecule has 1 fully saturated rings. The molecule has 1 aromatic rings. The third kappa shape index (κ3) is 1.62. The van der Waals surface area contributed by atoms with Gasteiger partial charge in [0, 0.05) is 23.1 Å². The van der Waals surface area contributed by atoms with Gasteiger partial charge in [0.2, 0.25) is 0 Å². The molecule has 0 heterocycles. The van der Waals surface area contributed by atoms with Crippen LogP contribution in [0.15, 0.2) is 18.2 Å². The second kappa shape index (κ2) is 3.83. The van der Waals surface area contributed by atoms with Crippen LogP contribution in [0, 0.1) is 0 Å². The quantitative estimate of drug-likeness (QED) is 0.779. The van der Waals surface area contributed by atoms with Crippen LogP contribution in [0.1, 0.15) is 24.0 Å². The Balaban J connectivity index is 2.47. The molecule has 1 aromatic carbocycles. The van der Waals surface area contributed by atoms with Crippen molar-refractivity contribution in [3.8, 4) is 5.75 Å². The summed E-state index contributed by atoms with van der Waals surface area (Å²) >= 11 is 0. The number of rotatable bonds is 4. The van der Waals surface area contributed by atoms with E-state index in [1.807, 2.05) is 12.1 Å². The standard InChI is InChI=1S/C12H17NO2/c1-15-11-9(7-14)3-2-4-10(11)12(8-13)5-6-12/h2-4,14H,5-8,13H2,1H3. The first-order chi connectivity index (χ1) is 7.27. The van der Waals surface area contributed by atoms with E-state index in [9.17, 15) is 5.11 Å². The van der Waals surface area contributed by atoms with Crippen LogP contribution >= 0.6 is 0 Å². The molecule has 3 heteroatoms. The largest absolute Gasteiger partial charge is 0.496 e. The van der Waals surface area contributed by atoms with E-state index in [1.54, 1.807) is 7.11 Å². The third-order valence-corrected chi connectivity index (χ3v) is 3.29. The molecule has 3 nitrogen and oxygen atoms in total. The second-order valence-electron chi connectivity index (χ2n) is 4.14. The Bertz CT molecular complexity index is 359. The SMILES string of the molecule is COc1c(CO)cccc1C1(CN)CC1. The maximum Gasteiger partial charge on any atom is 0.128 e. The van der Waals surface area contributed by atoms with Gasteiger partial charge < -0.3 is 15.6 Å². The zero-order valence-electron chi connectivity index (χ0n) is 8.99. The number of methoxy groups -OCH3 is 1. The van der Waals surface area contributed by atoms with Crippen molar-refractivity contribution in [2.45, 2.75) is 24.9 Å². The fourth-order valence-electron chi connectivity index (χ4n) is 2.10. The summed E-state index contributed by atoms with van der Waals surface area (Å²) in [7, 11) is 1.64. The lowest BCUT2D eigenvalue weighted by Gasteiger charge is -2.18. The maximum absolute atomic E-state index is 9.22. The van der Waals surface area contributed by atoms with E-state index in [-0.39, 0.29) is 12.0 Å². The molecule has 0 bridgehead atoms. The molecule has 0 unspecified atom stereocenters. The van der Waals surface area contributed by atoms with Gasteiger partial charge in [0.25, 0.3) is 0 Å². The molecule has 0 atom stereocenters. The number of hydrogen-bond acceptors (Lipinski definition) is 3. The molecule has 0 spiro atoms. The normalized spacial score (nSPS) is 17.5. The van der Waals surface area contributed by atoms with Crippen molar-refractivity contribution >= 4 is 0 Å². The topological polar surface area (TPSA) is 55.5 Å². The molecule has 15 heavy (non-hydrogen) atoms. The van der Waals surface area contributed by atoms with E-state index in [0.717, 1.165) is 29.7 Å². The van der Waals surface area contributed by atoms with Crippen LogP contribution in [-0.2, 0) is 12.0 Å². The minimum Gasteiger partial charge on any atom is -0.496 e. The lowest BCUT2D eigenvalue weighted by molar-refractivity contribution is 0.273. The molecule has 2 rings (SSSR count). The Morgan fingerprint density at radius 1 is 1.47 bits per heavy atom. The summed E-state index contributed by atoms with van der Waals surface area (Å²) in [6.45, 7) is 0.663. The first-order valence-electron chi connectivity index (χ1n) is 5.25. The number of aliphatic hydroxyl groups is 1. The molecule has 0 aromatic heterocycles. The number of benzene rings is 1. The summed E-state index contributed by atoms with van der Waals surface area (Å²) in [5.74, 6) is 0.808. The number of nitrogens with two attached hydrogens (primary N) is 1. The maximum atomic E-state index is 9.22. The first kappa shape index (κ1) is 10.5. The highest BCUT2D eigenvalue weighted by Crippen LogP contribution is 2.51. The number of para-hydroxylation sites is 1. The van der Waals surface area contributed by atoms with Gasteiger partial charge in [0.1, 0.15) is 5.75 Å². The fraction of sp³-hybridized carbons (Fsp3) is 0.500. The van der Waals surface area contributed by atoms with E-state index >= 15 is 0 Å². The molecule has 82 valence electrons. The lowest BCUT2D eigenvalue weighted by Crippen LogP contribution is -2.20. The minimum absolute atomic E-state index is 0.0116. The molecule has 3 N–H and O–H groups in total. The molecular formula is C12H17NO2. The van der Waals surface area contributed by atoms with Crippen molar-refractivity contribution in [3.05, 3.63) is 29.3 Å². The third-order valence-electron chi connectivity index (χ3n) is 3.29. The molecule has 0 aliphatic heterocycles. The molecule has 1 aliphatic rings. The summed E-state index contributed by atoms with van der Waals surface area (Å²) < 4.78 is 5.38.